The van der Waals surface area contributed by atoms with Gasteiger partial charge in [-0.25, -0.2) is 0 Å². The molecule has 0 aromatic carbocycles. The Morgan fingerprint density at radius 2 is 1.75 bits per heavy atom. The summed E-state index contributed by atoms with van der Waals surface area (Å²) in [5.41, 5.74) is 3.82. The SMILES string of the molecule is COC1=CC2C(C=C1)N=CC1C(C3C=C(N4CCN(C)CC4)C=CC3)=NN(C3=CC(C)C(C)C=C3)C12. The van der Waals surface area contributed by atoms with E-state index in [-0.39, 0.29) is 23.9 Å². The number of hydrazone groups is 1. The molecule has 7 unspecified atom stereocenters. The average molecular weight is 486 g/mol. The zero-order valence-electron chi connectivity index (χ0n) is 22.0. The standard InChI is InChI=1S/C30H39N5O/c1-20-8-9-24(16-21(20)2)35-30-26-18-25(36-4)10-11-28(26)31-19-27(30)29(32-35)22-6-5-7-23(17-22)34-14-12-33(3)13-15-34/h5,7-11,16-22,26-28,30H,6,12-15H2,1-4H3. The van der Waals surface area contributed by atoms with E-state index in [9.17, 15) is 0 Å². The molecule has 6 nitrogen and oxygen atoms in total. The highest BCUT2D eigenvalue weighted by Gasteiger charge is 2.48. The Labute approximate surface area is 215 Å². The van der Waals surface area contributed by atoms with E-state index in [1.54, 1.807) is 7.11 Å². The van der Waals surface area contributed by atoms with Gasteiger partial charge in [0.2, 0.25) is 0 Å². The number of likely N-dealkylation sites (N-methyl/N-ethyl adjacent to an activating group) is 1. The minimum atomic E-state index is 0.134. The molecule has 0 N–H and O–H groups in total. The zero-order valence-corrected chi connectivity index (χ0v) is 22.0. The summed E-state index contributed by atoms with van der Waals surface area (Å²) in [6, 6.07) is 0.343. The fraction of sp³-hybridized carbons (Fsp3) is 0.533. The van der Waals surface area contributed by atoms with E-state index in [0.717, 1.165) is 38.4 Å². The second-order valence-corrected chi connectivity index (χ2v) is 11.2. The fourth-order valence-corrected chi connectivity index (χ4v) is 6.35. The van der Waals surface area contributed by atoms with Gasteiger partial charge in [-0.1, -0.05) is 44.2 Å². The Hall–Kier alpha value is -2.86. The molecule has 0 spiro atoms. The van der Waals surface area contributed by atoms with Crippen molar-refractivity contribution >= 4 is 11.9 Å². The van der Waals surface area contributed by atoms with E-state index in [4.69, 9.17) is 14.8 Å². The molecule has 0 aromatic heterocycles. The topological polar surface area (TPSA) is 43.7 Å². The molecule has 190 valence electrons. The molecule has 3 aliphatic heterocycles. The van der Waals surface area contributed by atoms with Crippen LogP contribution in [0.25, 0.3) is 0 Å². The van der Waals surface area contributed by atoms with E-state index >= 15 is 0 Å². The summed E-state index contributed by atoms with van der Waals surface area (Å²) in [6.07, 6.45) is 23.9. The highest BCUT2D eigenvalue weighted by Crippen LogP contribution is 2.43. The Kier molecular flexibility index (Phi) is 6.24. The van der Waals surface area contributed by atoms with Crippen LogP contribution in [0.2, 0.25) is 0 Å². The second-order valence-electron chi connectivity index (χ2n) is 11.2. The molecule has 1 saturated heterocycles. The van der Waals surface area contributed by atoms with Crippen molar-refractivity contribution in [3.63, 3.8) is 0 Å². The Bertz CT molecular complexity index is 1120. The fourth-order valence-electron chi connectivity index (χ4n) is 6.35. The van der Waals surface area contributed by atoms with Gasteiger partial charge >= 0.3 is 0 Å². The summed E-state index contributed by atoms with van der Waals surface area (Å²) in [7, 11) is 3.96. The highest BCUT2D eigenvalue weighted by molar-refractivity contribution is 6.03. The van der Waals surface area contributed by atoms with Crippen LogP contribution in [0.5, 0.6) is 0 Å². The summed E-state index contributed by atoms with van der Waals surface area (Å²) in [5.74, 6) is 2.68. The third-order valence-corrected chi connectivity index (χ3v) is 8.87. The number of methoxy groups -OCH3 is 1. The highest BCUT2D eigenvalue weighted by atomic mass is 16.5. The maximum Gasteiger partial charge on any atom is 0.115 e. The molecule has 3 aliphatic carbocycles. The number of rotatable bonds is 4. The van der Waals surface area contributed by atoms with E-state index < -0.39 is 0 Å². The van der Waals surface area contributed by atoms with Crippen molar-refractivity contribution in [1.82, 2.24) is 14.8 Å². The first-order chi connectivity index (χ1) is 17.5. The van der Waals surface area contributed by atoms with Crippen molar-refractivity contribution in [2.24, 2.45) is 39.7 Å². The summed E-state index contributed by atoms with van der Waals surface area (Å²) in [5, 5.41) is 7.74. The Morgan fingerprint density at radius 1 is 0.917 bits per heavy atom. The number of piperazine rings is 1. The number of aliphatic imine (C=N–C) groups is 1. The number of nitrogens with zero attached hydrogens (tertiary/aromatic N) is 5. The number of fused-ring (bicyclic) bond motifs is 3. The van der Waals surface area contributed by atoms with Crippen LogP contribution in [0, 0.1) is 29.6 Å². The van der Waals surface area contributed by atoms with Gasteiger partial charge in [0, 0.05) is 49.9 Å². The molecule has 1 fully saturated rings. The normalized spacial score (nSPS) is 37.7. The van der Waals surface area contributed by atoms with Gasteiger partial charge < -0.3 is 14.5 Å². The minimum absolute atomic E-state index is 0.134. The third kappa shape index (κ3) is 4.19. The van der Waals surface area contributed by atoms with Crippen molar-refractivity contribution in [3.8, 4) is 0 Å². The van der Waals surface area contributed by atoms with Crippen LogP contribution in [0.4, 0.5) is 0 Å². The van der Waals surface area contributed by atoms with E-state index in [1.807, 2.05) is 0 Å². The number of ether oxygens (including phenoxy) is 1. The molecule has 6 aliphatic rings. The monoisotopic (exact) mass is 485 g/mol. The molecule has 0 saturated carbocycles. The van der Waals surface area contributed by atoms with Gasteiger partial charge in [0.15, 0.2) is 0 Å². The molecular formula is C30H39N5O. The lowest BCUT2D eigenvalue weighted by Crippen LogP contribution is -2.48. The summed E-state index contributed by atoms with van der Waals surface area (Å²) in [6.45, 7) is 8.99. The van der Waals surface area contributed by atoms with Crippen molar-refractivity contribution in [3.05, 3.63) is 71.8 Å². The lowest BCUT2D eigenvalue weighted by Gasteiger charge is -2.40. The second kappa shape index (κ2) is 9.55. The largest absolute Gasteiger partial charge is 0.497 e. The third-order valence-electron chi connectivity index (χ3n) is 8.87. The zero-order chi connectivity index (χ0) is 24.8. The van der Waals surface area contributed by atoms with Crippen LogP contribution in [0.15, 0.2) is 81.9 Å². The summed E-state index contributed by atoms with van der Waals surface area (Å²) >= 11 is 0. The average Bonchev–Trinajstić information content (AvgIpc) is 3.31. The summed E-state index contributed by atoms with van der Waals surface area (Å²) < 4.78 is 5.64. The number of hydrogen-bond donors (Lipinski definition) is 0. The molecule has 0 amide bonds. The molecule has 3 heterocycles. The number of allylic oxidation sites excluding steroid dienone is 7. The van der Waals surface area contributed by atoms with Gasteiger partial charge in [-0.05, 0) is 49.6 Å². The van der Waals surface area contributed by atoms with Gasteiger partial charge in [-0.3, -0.25) is 10.0 Å². The lowest BCUT2D eigenvalue weighted by molar-refractivity contribution is 0.189. The van der Waals surface area contributed by atoms with Crippen molar-refractivity contribution in [2.45, 2.75) is 32.4 Å². The van der Waals surface area contributed by atoms with Crippen LogP contribution < -0.4 is 0 Å². The predicted octanol–water partition coefficient (Wildman–Crippen LogP) is 4.25. The van der Waals surface area contributed by atoms with Crippen LogP contribution in [0.1, 0.15) is 20.3 Å². The van der Waals surface area contributed by atoms with Gasteiger partial charge in [0.25, 0.3) is 0 Å². The van der Waals surface area contributed by atoms with Gasteiger partial charge in [-0.15, -0.1) is 0 Å². The van der Waals surface area contributed by atoms with Crippen LogP contribution in [0.3, 0.4) is 0 Å². The maximum atomic E-state index is 5.64. The predicted molar refractivity (Wildman–Crippen MR) is 147 cm³/mol. The smallest absolute Gasteiger partial charge is 0.115 e. The first kappa shape index (κ1) is 23.5. The lowest BCUT2D eigenvalue weighted by atomic mass is 9.74. The summed E-state index contributed by atoms with van der Waals surface area (Å²) in [4.78, 5) is 9.97. The maximum absolute atomic E-state index is 5.64. The van der Waals surface area contributed by atoms with Crippen LogP contribution in [-0.4, -0.2) is 79.2 Å². The van der Waals surface area contributed by atoms with Crippen molar-refractivity contribution < 1.29 is 4.74 Å². The van der Waals surface area contributed by atoms with Gasteiger partial charge in [0.1, 0.15) is 5.76 Å². The molecule has 0 aromatic rings. The molecule has 6 rings (SSSR count). The van der Waals surface area contributed by atoms with Gasteiger partial charge in [0.05, 0.1) is 36.5 Å². The Balaban J connectivity index is 1.35. The molecule has 6 heteroatoms. The van der Waals surface area contributed by atoms with E-state index in [2.05, 4.69) is 96.6 Å². The van der Waals surface area contributed by atoms with Crippen LogP contribution >= 0.6 is 0 Å². The van der Waals surface area contributed by atoms with Crippen molar-refractivity contribution in [2.75, 3.05) is 40.3 Å². The van der Waals surface area contributed by atoms with Gasteiger partial charge in [-0.2, -0.15) is 5.10 Å². The van der Waals surface area contributed by atoms with E-state index in [0.29, 0.717) is 17.8 Å². The Morgan fingerprint density at radius 3 is 2.53 bits per heavy atom. The minimum Gasteiger partial charge on any atom is -0.497 e. The first-order valence-corrected chi connectivity index (χ1v) is 13.6. The molecule has 36 heavy (non-hydrogen) atoms. The molecule has 0 bridgehead atoms. The molecular weight excluding hydrogens is 446 g/mol. The van der Waals surface area contributed by atoms with Crippen LogP contribution in [-0.2, 0) is 4.74 Å². The van der Waals surface area contributed by atoms with Crippen molar-refractivity contribution in [1.29, 1.82) is 0 Å². The molecule has 0 radical (unpaired) electrons. The first-order valence-electron chi connectivity index (χ1n) is 13.6. The number of hydrogen-bond acceptors (Lipinski definition) is 6. The quantitative estimate of drug-likeness (QED) is 0.597. The molecule has 7 atom stereocenters. The van der Waals surface area contributed by atoms with E-state index in [1.165, 1.54) is 17.1 Å².